The topological polar surface area (TPSA) is 83.9 Å². The summed E-state index contributed by atoms with van der Waals surface area (Å²) >= 11 is 0. The van der Waals surface area contributed by atoms with Gasteiger partial charge in [0.2, 0.25) is 0 Å². The maximum absolute atomic E-state index is 12.5. The van der Waals surface area contributed by atoms with Crippen molar-refractivity contribution in [2.24, 2.45) is 0 Å². The molecule has 0 saturated heterocycles. The van der Waals surface area contributed by atoms with E-state index in [1.54, 1.807) is 24.3 Å². The van der Waals surface area contributed by atoms with Crippen LogP contribution >= 0.6 is 0 Å². The van der Waals surface area contributed by atoms with Gasteiger partial charge in [-0.05, 0) is 48.5 Å². The fourth-order valence-corrected chi connectivity index (χ4v) is 3.05. The molecular weight excluding hydrogens is 306 g/mol. The average Bonchev–Trinajstić information content (AvgIpc) is 2.54. The number of hydrogen-bond acceptors (Lipinski definition) is 4. The molecular formula is C15H15NO5S. The van der Waals surface area contributed by atoms with Crippen LogP contribution in [0.5, 0.6) is 5.75 Å². The van der Waals surface area contributed by atoms with Crippen molar-refractivity contribution in [3.05, 3.63) is 54.1 Å². The summed E-state index contributed by atoms with van der Waals surface area (Å²) in [7, 11) is -0.794. The number of nitrogens with zero attached hydrogens (tertiary/aromatic N) is 1. The van der Waals surface area contributed by atoms with E-state index in [2.05, 4.69) is 0 Å². The quantitative estimate of drug-likeness (QED) is 0.913. The smallest absolute Gasteiger partial charge is 0.335 e. The van der Waals surface area contributed by atoms with Crippen LogP contribution in [-0.2, 0) is 10.0 Å². The number of hydrogen-bond donors (Lipinski definition) is 1. The normalized spacial score (nSPS) is 11.0. The van der Waals surface area contributed by atoms with Crippen LogP contribution in [0.3, 0.4) is 0 Å². The summed E-state index contributed by atoms with van der Waals surface area (Å²) < 4.78 is 31.2. The summed E-state index contributed by atoms with van der Waals surface area (Å²) in [4.78, 5) is 10.8. The van der Waals surface area contributed by atoms with Crippen molar-refractivity contribution < 1.29 is 23.1 Å². The van der Waals surface area contributed by atoms with Crippen LogP contribution < -0.4 is 9.04 Å². The molecule has 6 nitrogen and oxygen atoms in total. The molecule has 0 fully saturated rings. The van der Waals surface area contributed by atoms with E-state index in [-0.39, 0.29) is 10.5 Å². The molecule has 2 aromatic rings. The number of methoxy groups -OCH3 is 1. The van der Waals surface area contributed by atoms with E-state index in [1.165, 1.54) is 38.4 Å². The number of ether oxygens (including phenoxy) is 1. The van der Waals surface area contributed by atoms with Crippen molar-refractivity contribution >= 4 is 21.7 Å². The summed E-state index contributed by atoms with van der Waals surface area (Å²) in [5.74, 6) is -0.479. The van der Waals surface area contributed by atoms with Gasteiger partial charge in [0.05, 0.1) is 23.3 Å². The van der Waals surface area contributed by atoms with Crippen molar-refractivity contribution in [3.8, 4) is 5.75 Å². The molecule has 2 aromatic carbocycles. The third kappa shape index (κ3) is 3.04. The first-order valence-corrected chi connectivity index (χ1v) is 7.76. The fraction of sp³-hybridized carbons (Fsp3) is 0.133. The van der Waals surface area contributed by atoms with E-state index in [1.807, 2.05) is 0 Å². The summed E-state index contributed by atoms with van der Waals surface area (Å²) in [6.07, 6.45) is 0. The molecule has 22 heavy (non-hydrogen) atoms. The first-order valence-electron chi connectivity index (χ1n) is 6.32. The Kier molecular flexibility index (Phi) is 4.37. The monoisotopic (exact) mass is 321 g/mol. The van der Waals surface area contributed by atoms with Crippen molar-refractivity contribution in [2.45, 2.75) is 4.90 Å². The van der Waals surface area contributed by atoms with Crippen LogP contribution in [-0.4, -0.2) is 33.7 Å². The molecule has 0 unspecified atom stereocenters. The van der Waals surface area contributed by atoms with Gasteiger partial charge in [0.1, 0.15) is 5.75 Å². The van der Waals surface area contributed by atoms with E-state index in [0.717, 1.165) is 4.31 Å². The molecule has 2 rings (SSSR count). The Morgan fingerprint density at radius 1 is 1.05 bits per heavy atom. The average molecular weight is 321 g/mol. The highest BCUT2D eigenvalue weighted by Crippen LogP contribution is 2.24. The zero-order valence-corrected chi connectivity index (χ0v) is 12.9. The summed E-state index contributed by atoms with van der Waals surface area (Å²) in [5, 5.41) is 8.84. The molecule has 0 spiro atoms. The van der Waals surface area contributed by atoms with Gasteiger partial charge in [0.25, 0.3) is 10.0 Å². The van der Waals surface area contributed by atoms with Crippen LogP contribution in [0.15, 0.2) is 53.4 Å². The number of carbonyl (C=O) groups is 1. The standard InChI is InChI=1S/C15H15NO5S/c1-16(12-5-7-13(21-2)8-6-12)22(19,20)14-9-3-11(4-10-14)15(17)18/h3-10H,1-2H3,(H,17,18). The van der Waals surface area contributed by atoms with Crippen LogP contribution in [0, 0.1) is 0 Å². The van der Waals surface area contributed by atoms with Crippen LogP contribution in [0.1, 0.15) is 10.4 Å². The van der Waals surface area contributed by atoms with Gasteiger partial charge in [-0.2, -0.15) is 0 Å². The van der Waals surface area contributed by atoms with E-state index in [0.29, 0.717) is 11.4 Å². The Balaban J connectivity index is 2.33. The zero-order valence-electron chi connectivity index (χ0n) is 12.1. The molecule has 7 heteroatoms. The van der Waals surface area contributed by atoms with E-state index in [4.69, 9.17) is 9.84 Å². The second-order valence-corrected chi connectivity index (χ2v) is 6.47. The lowest BCUT2D eigenvalue weighted by Crippen LogP contribution is -2.26. The third-order valence-corrected chi connectivity index (χ3v) is 5.00. The molecule has 0 aliphatic rings. The maximum Gasteiger partial charge on any atom is 0.335 e. The molecule has 0 aliphatic heterocycles. The lowest BCUT2D eigenvalue weighted by Gasteiger charge is -2.19. The van der Waals surface area contributed by atoms with Gasteiger partial charge < -0.3 is 9.84 Å². The summed E-state index contributed by atoms with van der Waals surface area (Å²) in [6.45, 7) is 0. The van der Waals surface area contributed by atoms with Crippen LogP contribution in [0.25, 0.3) is 0 Å². The Labute approximate surface area is 128 Å². The first-order chi connectivity index (χ1) is 10.4. The molecule has 0 heterocycles. The minimum absolute atomic E-state index is 0.0239. The Morgan fingerprint density at radius 3 is 2.05 bits per heavy atom. The molecule has 0 atom stereocenters. The molecule has 0 aromatic heterocycles. The summed E-state index contributed by atoms with van der Waals surface area (Å²) in [5.41, 5.74) is 0.508. The molecule has 0 bridgehead atoms. The number of carboxylic acids is 1. The highest BCUT2D eigenvalue weighted by atomic mass is 32.2. The number of benzene rings is 2. The minimum atomic E-state index is -3.75. The van der Waals surface area contributed by atoms with Crippen LogP contribution in [0.4, 0.5) is 5.69 Å². The highest BCUT2D eigenvalue weighted by Gasteiger charge is 2.21. The molecule has 0 aliphatic carbocycles. The Morgan fingerprint density at radius 2 is 1.59 bits per heavy atom. The lowest BCUT2D eigenvalue weighted by atomic mass is 10.2. The number of carboxylic acid groups (broad SMARTS) is 1. The van der Waals surface area contributed by atoms with Gasteiger partial charge in [-0.1, -0.05) is 0 Å². The third-order valence-electron chi connectivity index (χ3n) is 3.20. The number of sulfonamides is 1. The molecule has 0 saturated carbocycles. The minimum Gasteiger partial charge on any atom is -0.497 e. The van der Waals surface area contributed by atoms with Gasteiger partial charge in [-0.15, -0.1) is 0 Å². The van der Waals surface area contributed by atoms with E-state index in [9.17, 15) is 13.2 Å². The number of aromatic carboxylic acids is 1. The fourth-order valence-electron chi connectivity index (χ4n) is 1.86. The van der Waals surface area contributed by atoms with Gasteiger partial charge in [0.15, 0.2) is 0 Å². The Bertz CT molecular complexity index is 767. The highest BCUT2D eigenvalue weighted by molar-refractivity contribution is 7.92. The van der Waals surface area contributed by atoms with Crippen LogP contribution in [0.2, 0.25) is 0 Å². The van der Waals surface area contributed by atoms with Gasteiger partial charge >= 0.3 is 5.97 Å². The van der Waals surface area contributed by atoms with Crippen molar-refractivity contribution in [1.82, 2.24) is 0 Å². The Hall–Kier alpha value is -2.54. The predicted octanol–water partition coefficient (Wildman–Crippen LogP) is 2.22. The predicted molar refractivity (Wildman–Crippen MR) is 82.0 cm³/mol. The van der Waals surface area contributed by atoms with E-state index >= 15 is 0 Å². The number of rotatable bonds is 5. The van der Waals surface area contributed by atoms with Gasteiger partial charge in [-0.25, -0.2) is 13.2 Å². The molecule has 0 amide bonds. The second-order valence-electron chi connectivity index (χ2n) is 4.50. The molecule has 0 radical (unpaired) electrons. The zero-order chi connectivity index (χ0) is 16.3. The largest absolute Gasteiger partial charge is 0.497 e. The SMILES string of the molecule is COc1ccc(N(C)S(=O)(=O)c2ccc(C(=O)O)cc2)cc1. The number of anilines is 1. The van der Waals surface area contributed by atoms with E-state index < -0.39 is 16.0 Å². The summed E-state index contributed by atoms with van der Waals surface area (Å²) in [6, 6.07) is 11.7. The lowest BCUT2D eigenvalue weighted by molar-refractivity contribution is 0.0696. The first kappa shape index (κ1) is 15.8. The van der Waals surface area contributed by atoms with Gasteiger partial charge in [-0.3, -0.25) is 4.31 Å². The molecule has 1 N–H and O–H groups in total. The van der Waals surface area contributed by atoms with Crippen molar-refractivity contribution in [2.75, 3.05) is 18.5 Å². The van der Waals surface area contributed by atoms with Crippen molar-refractivity contribution in [1.29, 1.82) is 0 Å². The molecule has 116 valence electrons. The second kappa shape index (κ2) is 6.07. The van der Waals surface area contributed by atoms with Crippen molar-refractivity contribution in [3.63, 3.8) is 0 Å². The maximum atomic E-state index is 12.5. The van der Waals surface area contributed by atoms with Gasteiger partial charge in [0, 0.05) is 7.05 Å².